The Morgan fingerprint density at radius 3 is 2.96 bits per heavy atom. The predicted octanol–water partition coefficient (Wildman–Crippen LogP) is 4.12. The van der Waals surface area contributed by atoms with E-state index < -0.39 is 0 Å². The van der Waals surface area contributed by atoms with E-state index in [-0.39, 0.29) is 18.3 Å². The van der Waals surface area contributed by atoms with E-state index in [2.05, 4.69) is 17.6 Å². The van der Waals surface area contributed by atoms with Gasteiger partial charge in [0.25, 0.3) is 5.91 Å². The van der Waals surface area contributed by atoms with Gasteiger partial charge in [-0.15, -0.1) is 12.4 Å². The molecule has 0 fully saturated rings. The summed E-state index contributed by atoms with van der Waals surface area (Å²) in [7, 11) is 0. The van der Waals surface area contributed by atoms with E-state index in [9.17, 15) is 4.79 Å². The van der Waals surface area contributed by atoms with Gasteiger partial charge in [0.15, 0.2) is 0 Å². The quantitative estimate of drug-likeness (QED) is 0.866. The summed E-state index contributed by atoms with van der Waals surface area (Å²) in [5, 5.41) is 6.26. The number of ether oxygens (including phenoxy) is 1. The van der Waals surface area contributed by atoms with Gasteiger partial charge < -0.3 is 15.4 Å². The van der Waals surface area contributed by atoms with Gasteiger partial charge in [0.2, 0.25) is 0 Å². The summed E-state index contributed by atoms with van der Waals surface area (Å²) in [5.41, 5.74) is 3.84. The number of carbonyl (C=O) groups is 1. The molecule has 1 aliphatic rings. The zero-order valence-electron chi connectivity index (χ0n) is 13.1. The maximum atomic E-state index is 12.4. The smallest absolute Gasteiger partial charge is 0.255 e. The molecule has 1 aliphatic heterocycles. The highest BCUT2D eigenvalue weighted by Crippen LogP contribution is 2.25. The molecular weight excluding hydrogens is 312 g/mol. The fraction of sp³-hybridized carbons (Fsp3) is 0.278. The van der Waals surface area contributed by atoms with E-state index in [0.29, 0.717) is 12.2 Å². The van der Waals surface area contributed by atoms with Crippen molar-refractivity contribution in [1.29, 1.82) is 0 Å². The van der Waals surface area contributed by atoms with Crippen LogP contribution >= 0.6 is 12.4 Å². The number of carbonyl (C=O) groups excluding carboxylic acids is 1. The Morgan fingerprint density at radius 1 is 1.26 bits per heavy atom. The zero-order chi connectivity index (χ0) is 15.4. The van der Waals surface area contributed by atoms with E-state index in [1.807, 2.05) is 30.3 Å². The third-order valence-corrected chi connectivity index (χ3v) is 3.64. The largest absolute Gasteiger partial charge is 0.494 e. The summed E-state index contributed by atoms with van der Waals surface area (Å²) in [6, 6.07) is 13.2. The van der Waals surface area contributed by atoms with Crippen LogP contribution in [0.2, 0.25) is 0 Å². The average Bonchev–Trinajstić information content (AvgIpc) is 3.01. The number of fused-ring (bicyclic) bond motifs is 1. The Bertz CT molecular complexity index is 688. The first-order chi connectivity index (χ1) is 10.8. The van der Waals surface area contributed by atoms with Crippen molar-refractivity contribution in [2.24, 2.45) is 0 Å². The molecule has 1 amide bonds. The van der Waals surface area contributed by atoms with Crippen LogP contribution in [0.25, 0.3) is 0 Å². The predicted molar refractivity (Wildman–Crippen MR) is 96.1 cm³/mol. The van der Waals surface area contributed by atoms with Crippen molar-refractivity contribution in [3.63, 3.8) is 0 Å². The van der Waals surface area contributed by atoms with Crippen molar-refractivity contribution in [1.82, 2.24) is 0 Å². The molecule has 2 N–H and O–H groups in total. The normalized spacial score (nSPS) is 11.9. The Hall–Kier alpha value is -2.20. The molecule has 0 saturated heterocycles. The summed E-state index contributed by atoms with van der Waals surface area (Å²) < 4.78 is 5.57. The molecule has 0 unspecified atom stereocenters. The molecular formula is C18H21ClN2O2. The first kappa shape index (κ1) is 17.2. The van der Waals surface area contributed by atoms with E-state index >= 15 is 0 Å². The van der Waals surface area contributed by atoms with Crippen LogP contribution in [0, 0.1) is 0 Å². The Morgan fingerprint density at radius 2 is 2.13 bits per heavy atom. The SMILES string of the molecule is CCCOc1cccc(C(=O)Nc2ccc3c(c2)CCN3)c1.Cl. The van der Waals surface area contributed by atoms with E-state index in [4.69, 9.17) is 4.74 Å². The molecule has 0 radical (unpaired) electrons. The number of hydrogen-bond donors (Lipinski definition) is 2. The molecule has 122 valence electrons. The summed E-state index contributed by atoms with van der Waals surface area (Å²) in [6.45, 7) is 3.67. The van der Waals surface area contributed by atoms with Gasteiger partial charge in [0.1, 0.15) is 5.75 Å². The fourth-order valence-corrected chi connectivity index (χ4v) is 2.53. The van der Waals surface area contributed by atoms with Crippen molar-refractivity contribution < 1.29 is 9.53 Å². The van der Waals surface area contributed by atoms with Crippen LogP contribution in [0.4, 0.5) is 11.4 Å². The lowest BCUT2D eigenvalue weighted by Gasteiger charge is -2.09. The highest BCUT2D eigenvalue weighted by atomic mass is 35.5. The van der Waals surface area contributed by atoms with Crippen molar-refractivity contribution >= 4 is 29.7 Å². The lowest BCUT2D eigenvalue weighted by Crippen LogP contribution is -2.12. The second kappa shape index (κ2) is 7.88. The lowest BCUT2D eigenvalue weighted by molar-refractivity contribution is 0.102. The molecule has 1 heterocycles. The van der Waals surface area contributed by atoms with Gasteiger partial charge in [-0.25, -0.2) is 0 Å². The molecule has 23 heavy (non-hydrogen) atoms. The molecule has 0 spiro atoms. The van der Waals surface area contributed by atoms with E-state index in [1.54, 1.807) is 12.1 Å². The first-order valence-corrected chi connectivity index (χ1v) is 7.67. The first-order valence-electron chi connectivity index (χ1n) is 7.67. The van der Waals surface area contributed by atoms with E-state index in [0.717, 1.165) is 36.5 Å². The van der Waals surface area contributed by atoms with Crippen molar-refractivity contribution in [2.75, 3.05) is 23.8 Å². The monoisotopic (exact) mass is 332 g/mol. The fourth-order valence-electron chi connectivity index (χ4n) is 2.53. The van der Waals surface area contributed by atoms with Crippen LogP contribution in [0.15, 0.2) is 42.5 Å². The maximum absolute atomic E-state index is 12.4. The number of amides is 1. The minimum atomic E-state index is -0.118. The number of anilines is 2. The number of rotatable bonds is 5. The highest BCUT2D eigenvalue weighted by molar-refractivity contribution is 6.04. The van der Waals surface area contributed by atoms with Crippen molar-refractivity contribution in [3.8, 4) is 5.75 Å². The molecule has 4 nitrogen and oxygen atoms in total. The maximum Gasteiger partial charge on any atom is 0.255 e. The zero-order valence-corrected chi connectivity index (χ0v) is 13.9. The van der Waals surface area contributed by atoms with Gasteiger partial charge in [-0.1, -0.05) is 13.0 Å². The average molecular weight is 333 g/mol. The Labute approximate surface area is 142 Å². The molecule has 2 aromatic carbocycles. The van der Waals surface area contributed by atoms with Gasteiger partial charge in [0, 0.05) is 23.5 Å². The molecule has 0 bridgehead atoms. The minimum absolute atomic E-state index is 0. The number of halogens is 1. The van der Waals surface area contributed by atoms with Gasteiger partial charge in [-0.3, -0.25) is 4.79 Å². The van der Waals surface area contributed by atoms with Crippen molar-refractivity contribution in [2.45, 2.75) is 19.8 Å². The van der Waals surface area contributed by atoms with Crippen LogP contribution < -0.4 is 15.4 Å². The van der Waals surface area contributed by atoms with Crippen molar-refractivity contribution in [3.05, 3.63) is 53.6 Å². The van der Waals surface area contributed by atoms with Gasteiger partial charge in [0.05, 0.1) is 6.61 Å². The molecule has 3 rings (SSSR count). The lowest BCUT2D eigenvalue weighted by atomic mass is 10.1. The number of nitrogens with one attached hydrogen (secondary N) is 2. The number of benzene rings is 2. The van der Waals surface area contributed by atoms with Crippen LogP contribution in [0.1, 0.15) is 29.3 Å². The standard InChI is InChI=1S/C18H20N2O2.ClH/c1-2-10-22-16-5-3-4-14(12-16)18(21)20-15-6-7-17-13(11-15)8-9-19-17;/h3-7,11-12,19H,2,8-10H2,1H3,(H,20,21);1H. The van der Waals surface area contributed by atoms with Crippen LogP contribution in [-0.2, 0) is 6.42 Å². The highest BCUT2D eigenvalue weighted by Gasteiger charge is 2.12. The number of hydrogen-bond acceptors (Lipinski definition) is 3. The summed E-state index contributed by atoms with van der Waals surface area (Å²) in [4.78, 5) is 12.4. The summed E-state index contributed by atoms with van der Waals surface area (Å²) >= 11 is 0. The van der Waals surface area contributed by atoms with Crippen LogP contribution in [0.3, 0.4) is 0 Å². The molecule has 0 aromatic heterocycles. The third-order valence-electron chi connectivity index (χ3n) is 3.64. The molecule has 0 aliphatic carbocycles. The van der Waals surface area contributed by atoms with Crippen LogP contribution in [-0.4, -0.2) is 19.1 Å². The molecule has 5 heteroatoms. The summed E-state index contributed by atoms with van der Waals surface area (Å²) in [5.74, 6) is 0.612. The second-order valence-corrected chi connectivity index (χ2v) is 5.38. The minimum Gasteiger partial charge on any atom is -0.494 e. The van der Waals surface area contributed by atoms with E-state index in [1.165, 1.54) is 5.56 Å². The third kappa shape index (κ3) is 4.17. The Kier molecular flexibility index (Phi) is 5.88. The molecule has 0 atom stereocenters. The molecule has 0 saturated carbocycles. The van der Waals surface area contributed by atoms with Crippen LogP contribution in [0.5, 0.6) is 5.75 Å². The summed E-state index contributed by atoms with van der Waals surface area (Å²) in [6.07, 6.45) is 1.94. The topological polar surface area (TPSA) is 50.4 Å². The van der Waals surface area contributed by atoms with Gasteiger partial charge in [-0.05, 0) is 54.8 Å². The Balaban J connectivity index is 0.00000192. The van der Waals surface area contributed by atoms with Gasteiger partial charge >= 0.3 is 0 Å². The molecule has 2 aromatic rings. The van der Waals surface area contributed by atoms with Gasteiger partial charge in [-0.2, -0.15) is 0 Å². The second-order valence-electron chi connectivity index (χ2n) is 5.38.